The minimum Gasteiger partial charge on any atom is -0.391 e. The van der Waals surface area contributed by atoms with E-state index in [4.69, 9.17) is 16.6 Å². The van der Waals surface area contributed by atoms with E-state index in [1.54, 1.807) is 0 Å². The van der Waals surface area contributed by atoms with Gasteiger partial charge in [-0.25, -0.2) is 4.98 Å². The van der Waals surface area contributed by atoms with Crippen LogP contribution in [0.5, 0.6) is 0 Å². The summed E-state index contributed by atoms with van der Waals surface area (Å²) in [5, 5.41) is 13.9. The number of aromatic nitrogens is 2. The highest BCUT2D eigenvalue weighted by atomic mass is 79.9. The minimum atomic E-state index is -0.514. The van der Waals surface area contributed by atoms with E-state index >= 15 is 0 Å². The van der Waals surface area contributed by atoms with E-state index in [0.717, 1.165) is 40.7 Å². The molecule has 1 aliphatic carbocycles. The van der Waals surface area contributed by atoms with Crippen LogP contribution >= 0.6 is 27.5 Å². The number of carbonyl (C=O) groups is 1. The molecule has 0 saturated heterocycles. The summed E-state index contributed by atoms with van der Waals surface area (Å²) in [6.45, 7) is 2.01. The summed E-state index contributed by atoms with van der Waals surface area (Å²) >= 11 is 9.99. The van der Waals surface area contributed by atoms with Crippen LogP contribution in [0.4, 0.5) is 0 Å². The second-order valence-electron chi connectivity index (χ2n) is 7.81. The monoisotopic (exact) mass is 501 g/mol. The van der Waals surface area contributed by atoms with Crippen LogP contribution in [0.2, 0.25) is 5.02 Å². The predicted octanol–water partition coefficient (Wildman–Crippen LogP) is 5.55. The number of carbonyl (C=O) groups excluding carboxylic acids is 1. The number of halogens is 2. The van der Waals surface area contributed by atoms with E-state index in [-0.39, 0.29) is 11.9 Å². The molecule has 3 aromatic rings. The van der Waals surface area contributed by atoms with E-state index in [2.05, 4.69) is 21.2 Å². The first-order valence-electron chi connectivity index (χ1n) is 10.6. The van der Waals surface area contributed by atoms with Crippen molar-refractivity contribution in [1.82, 2.24) is 14.9 Å². The third kappa shape index (κ3) is 4.56. The van der Waals surface area contributed by atoms with Crippen molar-refractivity contribution in [3.05, 3.63) is 69.4 Å². The number of benzene rings is 2. The molecule has 2 N–H and O–H groups in total. The smallest absolute Gasteiger partial charge is 0.272 e. The summed E-state index contributed by atoms with van der Waals surface area (Å²) in [5.74, 6) is 0.367. The van der Waals surface area contributed by atoms with E-state index in [1.165, 1.54) is 0 Å². The average molecular weight is 503 g/mol. The van der Waals surface area contributed by atoms with Crippen LogP contribution in [0.25, 0.3) is 17.1 Å². The van der Waals surface area contributed by atoms with Gasteiger partial charge in [-0.05, 0) is 55.7 Å². The maximum absolute atomic E-state index is 13.3. The Morgan fingerprint density at radius 1 is 1.19 bits per heavy atom. The second kappa shape index (κ2) is 9.55. The Morgan fingerprint density at radius 3 is 2.58 bits per heavy atom. The molecule has 162 valence electrons. The van der Waals surface area contributed by atoms with Crippen LogP contribution in [0.1, 0.15) is 48.8 Å². The molecule has 1 fully saturated rings. The summed E-state index contributed by atoms with van der Waals surface area (Å²) in [6, 6.07) is 15.2. The molecule has 1 aliphatic rings. The molecular formula is C24H25BrClN3O2. The van der Waals surface area contributed by atoms with Crippen LogP contribution in [-0.2, 0) is 6.42 Å². The molecule has 7 heteroatoms. The maximum atomic E-state index is 13.3. The summed E-state index contributed by atoms with van der Waals surface area (Å²) < 4.78 is 2.97. The highest BCUT2D eigenvalue weighted by molar-refractivity contribution is 9.10. The summed E-state index contributed by atoms with van der Waals surface area (Å²) in [6.07, 6.45) is 3.58. The normalized spacial score (nSPS) is 18.7. The van der Waals surface area contributed by atoms with Gasteiger partial charge in [-0.15, -0.1) is 0 Å². The first-order valence-corrected chi connectivity index (χ1v) is 11.8. The lowest BCUT2D eigenvalue weighted by molar-refractivity contribution is 0.0713. The molecule has 0 aliphatic heterocycles. The van der Waals surface area contributed by atoms with Crippen LogP contribution in [-0.4, -0.2) is 32.7 Å². The molecule has 0 bridgehead atoms. The van der Waals surface area contributed by atoms with Gasteiger partial charge in [0.1, 0.15) is 11.5 Å². The molecule has 0 spiro atoms. The predicted molar refractivity (Wildman–Crippen MR) is 127 cm³/mol. The molecule has 1 saturated carbocycles. The fourth-order valence-electron chi connectivity index (χ4n) is 4.17. The van der Waals surface area contributed by atoms with Gasteiger partial charge in [-0.2, -0.15) is 0 Å². The lowest BCUT2D eigenvalue weighted by Crippen LogP contribution is -2.45. The molecule has 0 radical (unpaired) electrons. The van der Waals surface area contributed by atoms with Gasteiger partial charge in [0.05, 0.1) is 22.9 Å². The summed E-state index contributed by atoms with van der Waals surface area (Å²) in [4.78, 5) is 18.0. The molecule has 5 nitrogen and oxygen atoms in total. The molecule has 1 heterocycles. The van der Waals surface area contributed by atoms with E-state index in [0.29, 0.717) is 29.4 Å². The third-order valence-electron chi connectivity index (χ3n) is 5.77. The number of nitrogens with zero attached hydrogens (tertiary/aromatic N) is 2. The zero-order valence-electron chi connectivity index (χ0n) is 17.3. The van der Waals surface area contributed by atoms with Gasteiger partial charge in [0, 0.05) is 15.7 Å². The topological polar surface area (TPSA) is 67.2 Å². The number of rotatable bonds is 5. The lowest BCUT2D eigenvalue weighted by atomic mass is 9.92. The van der Waals surface area contributed by atoms with Crippen molar-refractivity contribution in [3.8, 4) is 17.1 Å². The largest absolute Gasteiger partial charge is 0.391 e. The molecular weight excluding hydrogens is 478 g/mol. The fourth-order valence-corrected chi connectivity index (χ4v) is 4.65. The van der Waals surface area contributed by atoms with Gasteiger partial charge in [0.15, 0.2) is 0 Å². The van der Waals surface area contributed by atoms with Gasteiger partial charge < -0.3 is 10.4 Å². The van der Waals surface area contributed by atoms with E-state index in [9.17, 15) is 9.90 Å². The third-order valence-corrected chi connectivity index (χ3v) is 6.63. The molecule has 2 aromatic carbocycles. The number of imidazole rings is 1. The molecule has 2 unspecified atom stereocenters. The Bertz CT molecular complexity index is 1080. The van der Waals surface area contributed by atoms with Crippen molar-refractivity contribution in [1.29, 1.82) is 0 Å². The SMILES string of the molecule is CCc1c(C(=O)NC2CCCCC2O)nc(-c2ccccc2Cl)n1-c1ccc(Br)cc1. The zero-order valence-corrected chi connectivity index (χ0v) is 19.7. The maximum Gasteiger partial charge on any atom is 0.272 e. The van der Waals surface area contributed by atoms with Crippen LogP contribution in [0.15, 0.2) is 53.0 Å². The fraction of sp³-hybridized carbons (Fsp3) is 0.333. The quantitative estimate of drug-likeness (QED) is 0.481. The van der Waals surface area contributed by atoms with E-state index in [1.807, 2.05) is 60.0 Å². The first-order chi connectivity index (χ1) is 15.0. The van der Waals surface area contributed by atoms with Crippen LogP contribution in [0, 0.1) is 0 Å². The Hall–Kier alpha value is -2.15. The average Bonchev–Trinajstić information content (AvgIpc) is 3.16. The minimum absolute atomic E-state index is 0.243. The van der Waals surface area contributed by atoms with Crippen molar-refractivity contribution < 1.29 is 9.90 Å². The number of nitrogens with one attached hydrogen (secondary N) is 1. The van der Waals surface area contributed by atoms with Crippen LogP contribution in [0.3, 0.4) is 0 Å². The first kappa shape index (κ1) is 22.1. The molecule has 1 amide bonds. The molecule has 2 atom stereocenters. The summed E-state index contributed by atoms with van der Waals surface area (Å²) in [7, 11) is 0. The molecule has 4 rings (SSSR count). The van der Waals surface area contributed by atoms with Crippen molar-refractivity contribution in [2.75, 3.05) is 0 Å². The zero-order chi connectivity index (χ0) is 22.0. The Morgan fingerprint density at radius 2 is 1.90 bits per heavy atom. The number of amides is 1. The van der Waals surface area contributed by atoms with Crippen molar-refractivity contribution >= 4 is 33.4 Å². The number of hydrogen-bond acceptors (Lipinski definition) is 3. The van der Waals surface area contributed by atoms with Crippen molar-refractivity contribution in [2.24, 2.45) is 0 Å². The molecule has 1 aromatic heterocycles. The van der Waals surface area contributed by atoms with Crippen molar-refractivity contribution in [2.45, 2.75) is 51.2 Å². The Kier molecular flexibility index (Phi) is 6.80. The van der Waals surface area contributed by atoms with Gasteiger partial charge in [0.2, 0.25) is 0 Å². The Labute approximate surface area is 195 Å². The van der Waals surface area contributed by atoms with Crippen LogP contribution < -0.4 is 5.32 Å². The Balaban J connectivity index is 1.82. The van der Waals surface area contributed by atoms with Gasteiger partial charge >= 0.3 is 0 Å². The van der Waals surface area contributed by atoms with Gasteiger partial charge in [-0.3, -0.25) is 9.36 Å². The number of aliphatic hydroxyl groups is 1. The summed E-state index contributed by atoms with van der Waals surface area (Å²) in [5.41, 5.74) is 2.84. The number of aliphatic hydroxyl groups excluding tert-OH is 1. The second-order valence-corrected chi connectivity index (χ2v) is 9.13. The number of hydrogen-bond donors (Lipinski definition) is 2. The van der Waals surface area contributed by atoms with E-state index < -0.39 is 6.10 Å². The van der Waals surface area contributed by atoms with Gasteiger partial charge in [0.25, 0.3) is 5.91 Å². The van der Waals surface area contributed by atoms with Crippen molar-refractivity contribution in [3.63, 3.8) is 0 Å². The molecule has 31 heavy (non-hydrogen) atoms. The lowest BCUT2D eigenvalue weighted by Gasteiger charge is -2.28. The standard InChI is InChI=1S/C24H25BrClN3O2/c1-2-20-22(24(31)27-19-9-5-6-10-21(19)30)28-23(17-7-3-4-8-18(17)26)29(20)16-13-11-15(25)12-14-16/h3-4,7-8,11-14,19,21,30H,2,5-6,9-10H2,1H3,(H,27,31). The highest BCUT2D eigenvalue weighted by Gasteiger charge is 2.29. The van der Waals surface area contributed by atoms with Gasteiger partial charge in [-0.1, -0.05) is 59.4 Å². The highest BCUT2D eigenvalue weighted by Crippen LogP contribution is 2.32.